The summed E-state index contributed by atoms with van der Waals surface area (Å²) in [6.45, 7) is 0. The molecule has 16 fully saturated rings. The van der Waals surface area contributed by atoms with E-state index in [0.29, 0.717) is 0 Å². The Hall–Kier alpha value is -0.560. The van der Waals surface area contributed by atoms with E-state index in [1.807, 2.05) is 11.1 Å². The maximum atomic E-state index is 3.34. The van der Waals surface area contributed by atoms with E-state index >= 15 is 0 Å². The molecule has 0 N–H and O–H groups in total. The summed E-state index contributed by atoms with van der Waals surface area (Å²) >= 11 is 0. The van der Waals surface area contributed by atoms with Crippen molar-refractivity contribution in [2.75, 3.05) is 0 Å². The van der Waals surface area contributed by atoms with Crippen LogP contribution in [0.3, 0.4) is 0 Å². The van der Waals surface area contributed by atoms with Gasteiger partial charge in [0.25, 0.3) is 0 Å². The van der Waals surface area contributed by atoms with Crippen LogP contribution in [-0.2, 0) is 0 Å². The second-order valence-electron chi connectivity index (χ2n) is 40.6. The minimum atomic E-state index is 0.888. The summed E-state index contributed by atoms with van der Waals surface area (Å²) in [6.07, 6.45) is 106. The Kier molecular flexibility index (Phi) is 24.8. The van der Waals surface area contributed by atoms with E-state index in [-0.39, 0.29) is 0 Å². The number of nitrogens with zero attached hydrogens (tertiary/aromatic N) is 1. The van der Waals surface area contributed by atoms with Crippen molar-refractivity contribution in [1.29, 1.82) is 0 Å². The lowest BCUT2D eigenvalue weighted by molar-refractivity contribution is -0.120. The van der Waals surface area contributed by atoms with E-state index < -0.39 is 0 Å². The molecule has 0 aliphatic heterocycles. The van der Waals surface area contributed by atoms with Gasteiger partial charge in [-0.25, -0.2) is 0 Å². The van der Waals surface area contributed by atoms with Gasteiger partial charge in [-0.15, -0.1) is 0 Å². The van der Waals surface area contributed by atoms with E-state index in [1.54, 1.807) is 218 Å². The lowest BCUT2D eigenvalue weighted by Gasteiger charge is -2.61. The van der Waals surface area contributed by atoms with Gasteiger partial charge in [0.1, 0.15) is 0 Å². The summed E-state index contributed by atoms with van der Waals surface area (Å²) in [7, 11) is 0. The molecule has 1 heteroatoms. The molecule has 0 bridgehead atoms. The minimum Gasteiger partial charge on any atom is -0.294 e. The molecule has 0 saturated heterocycles. The molecule has 0 radical (unpaired) electrons. The fourth-order valence-corrected chi connectivity index (χ4v) is 31.6. The molecule has 96 heavy (non-hydrogen) atoms. The van der Waals surface area contributed by atoms with E-state index in [1.165, 1.54) is 193 Å². The molecule has 9 unspecified atom stereocenters. The zero-order chi connectivity index (χ0) is 64.0. The van der Waals surface area contributed by atoms with Crippen molar-refractivity contribution in [3.63, 3.8) is 0 Å². The van der Waals surface area contributed by atoms with Crippen LogP contribution in [0.2, 0.25) is 0 Å². The van der Waals surface area contributed by atoms with Gasteiger partial charge in [0, 0.05) is 18.1 Å². The molecule has 0 spiro atoms. The van der Waals surface area contributed by atoms with Crippen molar-refractivity contribution in [3.05, 3.63) is 23.3 Å². The summed E-state index contributed by atoms with van der Waals surface area (Å²) < 4.78 is 0. The third kappa shape index (κ3) is 16.3. The summed E-state index contributed by atoms with van der Waals surface area (Å²) in [5, 5.41) is 0. The normalized spacial score (nSPS) is 43.3. The molecule has 0 heterocycles. The van der Waals surface area contributed by atoms with Crippen molar-refractivity contribution in [2.24, 2.45) is 142 Å². The second-order valence-corrected chi connectivity index (χ2v) is 40.6. The SMILES string of the molecule is C(=C(C1CCCCC1)C1CCCCC1)C1CCC(C(C2CCCCC2)C2CCC(C3CCC(C4CC5C6CCCCC6C(C6CCC(C7CCC(N(C8CCCCC8)C8CCC(C=C(C9CCCCC9)C9CCCCC9)CC8)CC7)CC6)CC5C5CCCCC45)CC3)CC2)CC1. The first-order valence-electron chi connectivity index (χ1n) is 46.8. The summed E-state index contributed by atoms with van der Waals surface area (Å²) in [5.41, 5.74) is 4.03. The maximum absolute atomic E-state index is 3.34. The first-order chi connectivity index (χ1) is 47.6. The van der Waals surface area contributed by atoms with Crippen LogP contribution in [0.1, 0.15) is 411 Å². The van der Waals surface area contributed by atoms with Gasteiger partial charge in [0.2, 0.25) is 0 Å². The molecule has 16 aliphatic rings. The van der Waals surface area contributed by atoms with Gasteiger partial charge in [0.05, 0.1) is 0 Å². The Balaban J connectivity index is 0.506. The summed E-state index contributed by atoms with van der Waals surface area (Å²) in [5.74, 6) is 25.2. The van der Waals surface area contributed by atoms with Crippen molar-refractivity contribution < 1.29 is 0 Å². The van der Waals surface area contributed by atoms with E-state index in [0.717, 1.165) is 160 Å². The molecule has 542 valence electrons. The van der Waals surface area contributed by atoms with Crippen LogP contribution < -0.4 is 0 Å². The highest BCUT2D eigenvalue weighted by atomic mass is 15.2. The van der Waals surface area contributed by atoms with Gasteiger partial charge in [-0.05, 0) is 399 Å². The lowest BCUT2D eigenvalue weighted by atomic mass is 9.44. The molecule has 0 amide bonds. The second kappa shape index (κ2) is 34.1. The molecule has 9 atom stereocenters. The van der Waals surface area contributed by atoms with Crippen LogP contribution >= 0.6 is 0 Å². The Labute approximate surface area is 595 Å². The van der Waals surface area contributed by atoms with Crippen LogP contribution in [0.5, 0.6) is 0 Å². The Bertz CT molecular complexity index is 2120. The molecule has 16 saturated carbocycles. The highest BCUT2D eigenvalue weighted by Crippen LogP contribution is 2.65. The largest absolute Gasteiger partial charge is 0.294 e. The summed E-state index contributed by atoms with van der Waals surface area (Å²) in [6, 6.07) is 2.70. The van der Waals surface area contributed by atoms with Gasteiger partial charge in [-0.3, -0.25) is 4.90 Å². The Morgan fingerprint density at radius 2 is 0.448 bits per heavy atom. The molecule has 0 aromatic heterocycles. The molecule has 16 aliphatic carbocycles. The fraction of sp³-hybridized carbons (Fsp3) is 0.958. The Morgan fingerprint density at radius 1 is 0.198 bits per heavy atom. The average Bonchev–Trinajstić information content (AvgIpc) is 0.771. The third-order valence-corrected chi connectivity index (χ3v) is 36.2. The first-order valence-corrected chi connectivity index (χ1v) is 46.8. The van der Waals surface area contributed by atoms with Gasteiger partial charge < -0.3 is 0 Å². The Morgan fingerprint density at radius 3 is 0.823 bits per heavy atom. The van der Waals surface area contributed by atoms with Gasteiger partial charge >= 0.3 is 0 Å². The van der Waals surface area contributed by atoms with Crippen LogP contribution in [0.15, 0.2) is 23.3 Å². The van der Waals surface area contributed by atoms with Crippen LogP contribution in [-0.4, -0.2) is 23.0 Å². The monoisotopic (exact) mass is 1310 g/mol. The molecular formula is C95H157N. The van der Waals surface area contributed by atoms with Crippen LogP contribution in [0.25, 0.3) is 0 Å². The van der Waals surface area contributed by atoms with Crippen molar-refractivity contribution in [3.8, 4) is 0 Å². The topological polar surface area (TPSA) is 3.24 Å². The number of hydrogen-bond acceptors (Lipinski definition) is 1. The quantitative estimate of drug-likeness (QED) is 0.139. The standard InChI is InChI=1S/C95H157N/c1-7-23-73(24-8-1)89(74-25-9-2-10-26-74)63-67-39-43-80(44-40-67)95(79-31-15-5-16-32-79)81-55-49-71(50-56-81)69-45-51-77(52-46-69)91-65-93-88-38-22-20-36-86(88)92(66-94(93)87-37-21-19-35-85(87)91)78-53-47-70(48-54-78)72-57-61-84(62-58-72)96(82-33-17-6-18-34-82)83-59-41-68(42-60-83)64-90(75-27-11-3-12-28-75)76-29-13-4-14-30-76/h63-64,67-88,91-95H,1-62,65-66H2. The number of fused-ring (bicyclic) bond motifs is 5. The fourth-order valence-electron chi connectivity index (χ4n) is 31.6. The zero-order valence-corrected chi connectivity index (χ0v) is 63.4. The average molecular weight is 1310 g/mol. The van der Waals surface area contributed by atoms with Crippen molar-refractivity contribution in [1.82, 2.24) is 4.90 Å². The highest BCUT2D eigenvalue weighted by molar-refractivity contribution is 5.17. The predicted molar refractivity (Wildman–Crippen MR) is 409 cm³/mol. The number of rotatable bonds is 16. The number of hydrogen-bond donors (Lipinski definition) is 0. The summed E-state index contributed by atoms with van der Waals surface area (Å²) in [4.78, 5) is 3.34. The first kappa shape index (κ1) is 69.8. The van der Waals surface area contributed by atoms with Crippen molar-refractivity contribution in [2.45, 2.75) is 429 Å². The van der Waals surface area contributed by atoms with Crippen LogP contribution in [0.4, 0.5) is 0 Å². The third-order valence-electron chi connectivity index (χ3n) is 36.2. The van der Waals surface area contributed by atoms with Crippen LogP contribution in [0, 0.1) is 142 Å². The molecule has 0 aromatic carbocycles. The molecule has 1 nitrogen and oxygen atoms in total. The van der Waals surface area contributed by atoms with E-state index in [2.05, 4.69) is 17.1 Å². The van der Waals surface area contributed by atoms with E-state index in [9.17, 15) is 0 Å². The predicted octanol–water partition coefficient (Wildman–Crippen LogP) is 28.2. The van der Waals surface area contributed by atoms with Gasteiger partial charge in [-0.1, -0.05) is 177 Å². The lowest BCUT2D eigenvalue weighted by Crippen LogP contribution is -2.54. The smallest absolute Gasteiger partial charge is 0.0102 e. The molecular weight excluding hydrogens is 1160 g/mol. The van der Waals surface area contributed by atoms with Gasteiger partial charge in [-0.2, -0.15) is 0 Å². The molecule has 16 rings (SSSR count). The highest BCUT2D eigenvalue weighted by Gasteiger charge is 2.57. The van der Waals surface area contributed by atoms with Gasteiger partial charge in [0.15, 0.2) is 0 Å². The van der Waals surface area contributed by atoms with E-state index in [4.69, 9.17) is 0 Å². The molecule has 0 aromatic rings. The minimum absolute atomic E-state index is 0.888. The zero-order valence-electron chi connectivity index (χ0n) is 63.4. The van der Waals surface area contributed by atoms with Crippen molar-refractivity contribution >= 4 is 0 Å². The maximum Gasteiger partial charge on any atom is 0.0102 e. The number of allylic oxidation sites excluding steroid dienone is 4.